The van der Waals surface area contributed by atoms with E-state index in [2.05, 4.69) is 15.4 Å². The molecule has 10 nitrogen and oxygen atoms in total. The Morgan fingerprint density at radius 2 is 1.84 bits per heavy atom. The van der Waals surface area contributed by atoms with Crippen LogP contribution in [-0.4, -0.2) is 53.8 Å². The van der Waals surface area contributed by atoms with Gasteiger partial charge in [0, 0.05) is 18.7 Å². The number of carbonyl (C=O) groups excluding carboxylic acids is 5. The van der Waals surface area contributed by atoms with E-state index < -0.39 is 35.8 Å². The highest BCUT2D eigenvalue weighted by atomic mass is 16.5. The Morgan fingerprint density at radius 1 is 1.10 bits per heavy atom. The number of ether oxygens (including phenoxy) is 1. The lowest BCUT2D eigenvalue weighted by Gasteiger charge is -2.27. The van der Waals surface area contributed by atoms with Gasteiger partial charge in [-0.25, -0.2) is 4.79 Å². The van der Waals surface area contributed by atoms with Gasteiger partial charge in [-0.2, -0.15) is 0 Å². The number of nitrogens with two attached hydrogens (primary N) is 1. The molecule has 0 aromatic heterocycles. The second kappa shape index (κ2) is 10.1. The molecule has 2 aliphatic rings. The maximum Gasteiger partial charge on any atom is 0.404 e. The van der Waals surface area contributed by atoms with Crippen molar-refractivity contribution in [2.24, 2.45) is 5.73 Å². The third-order valence-electron chi connectivity index (χ3n) is 5.35. The first-order valence-electron chi connectivity index (χ1n) is 10.4. The molecule has 0 saturated carbocycles. The maximum absolute atomic E-state index is 13.0. The molecule has 5 amide bonds. The molecule has 0 radical (unpaired) electrons. The van der Waals surface area contributed by atoms with Gasteiger partial charge in [0.2, 0.25) is 11.8 Å². The normalized spacial score (nSPS) is 18.1. The summed E-state index contributed by atoms with van der Waals surface area (Å²) in [6, 6.07) is 4.02. The molecule has 1 saturated heterocycles. The molecule has 0 spiro atoms. The van der Waals surface area contributed by atoms with Crippen LogP contribution in [0.1, 0.15) is 65.7 Å². The van der Waals surface area contributed by atoms with Crippen molar-refractivity contribution in [1.82, 2.24) is 10.2 Å². The molecule has 31 heavy (non-hydrogen) atoms. The van der Waals surface area contributed by atoms with Crippen LogP contribution in [0.3, 0.4) is 0 Å². The minimum Gasteiger partial charge on any atom is -0.450 e. The Morgan fingerprint density at radius 3 is 2.58 bits per heavy atom. The minimum atomic E-state index is -0.975. The number of imide groups is 2. The van der Waals surface area contributed by atoms with E-state index >= 15 is 0 Å². The van der Waals surface area contributed by atoms with Gasteiger partial charge in [-0.15, -0.1) is 0 Å². The van der Waals surface area contributed by atoms with Crippen LogP contribution < -0.4 is 16.4 Å². The van der Waals surface area contributed by atoms with Crippen molar-refractivity contribution >= 4 is 35.4 Å². The molecule has 2 aliphatic heterocycles. The fourth-order valence-electron chi connectivity index (χ4n) is 3.82. The molecular formula is C21H26N4O6. The standard InChI is InChI=1S/C21H26N4O6/c22-21(30)31-12-5-3-1-2-4-11-23-14-8-6-7-13-17(14)20(29)25(19(13)28)15-9-10-16(26)24-18(15)27/h6-8,15,23H,1-5,9-12H2,(H2,22,30)(H,24,26,27). The number of fused-ring (bicyclic) bond motifs is 1. The highest BCUT2D eigenvalue weighted by Crippen LogP contribution is 2.32. The molecule has 0 bridgehead atoms. The van der Waals surface area contributed by atoms with E-state index in [0.717, 1.165) is 37.0 Å². The summed E-state index contributed by atoms with van der Waals surface area (Å²) in [6.45, 7) is 0.942. The van der Waals surface area contributed by atoms with Gasteiger partial charge in [0.1, 0.15) is 6.04 Å². The quantitative estimate of drug-likeness (QED) is 0.377. The molecule has 166 valence electrons. The van der Waals surface area contributed by atoms with Crippen LogP contribution in [0.5, 0.6) is 0 Å². The molecular weight excluding hydrogens is 404 g/mol. The van der Waals surface area contributed by atoms with E-state index in [9.17, 15) is 24.0 Å². The second-order valence-corrected chi connectivity index (χ2v) is 7.54. The van der Waals surface area contributed by atoms with Gasteiger partial charge in [-0.05, 0) is 31.4 Å². The van der Waals surface area contributed by atoms with Crippen molar-refractivity contribution in [3.05, 3.63) is 29.3 Å². The molecule has 4 N–H and O–H groups in total. The van der Waals surface area contributed by atoms with Gasteiger partial charge < -0.3 is 15.8 Å². The van der Waals surface area contributed by atoms with Crippen LogP contribution in [-0.2, 0) is 14.3 Å². The summed E-state index contributed by atoms with van der Waals surface area (Å²) < 4.78 is 4.67. The number of anilines is 1. The summed E-state index contributed by atoms with van der Waals surface area (Å²) in [5.41, 5.74) is 5.98. The number of piperidine rings is 1. The maximum atomic E-state index is 13.0. The van der Waals surface area contributed by atoms with E-state index in [1.807, 2.05) is 0 Å². The average molecular weight is 430 g/mol. The predicted molar refractivity (Wildman–Crippen MR) is 110 cm³/mol. The third-order valence-corrected chi connectivity index (χ3v) is 5.35. The zero-order valence-corrected chi connectivity index (χ0v) is 17.1. The van der Waals surface area contributed by atoms with Crippen molar-refractivity contribution in [2.75, 3.05) is 18.5 Å². The van der Waals surface area contributed by atoms with Crippen molar-refractivity contribution in [2.45, 2.75) is 51.0 Å². The molecule has 1 atom stereocenters. The van der Waals surface area contributed by atoms with E-state index in [-0.39, 0.29) is 24.0 Å². The average Bonchev–Trinajstić information content (AvgIpc) is 2.98. The summed E-state index contributed by atoms with van der Waals surface area (Å²) in [4.78, 5) is 60.8. The first kappa shape index (κ1) is 22.3. The van der Waals surface area contributed by atoms with Gasteiger partial charge in [0.15, 0.2) is 0 Å². The number of nitrogens with one attached hydrogen (secondary N) is 2. The minimum absolute atomic E-state index is 0.0869. The van der Waals surface area contributed by atoms with Crippen LogP contribution >= 0.6 is 0 Å². The van der Waals surface area contributed by atoms with E-state index in [1.165, 1.54) is 0 Å². The number of hydrogen-bond donors (Lipinski definition) is 3. The first-order valence-corrected chi connectivity index (χ1v) is 10.4. The lowest BCUT2D eigenvalue weighted by atomic mass is 10.0. The largest absolute Gasteiger partial charge is 0.450 e. The highest BCUT2D eigenvalue weighted by molar-refractivity contribution is 6.25. The van der Waals surface area contributed by atoms with Crippen LogP contribution in [0.4, 0.5) is 10.5 Å². The summed E-state index contributed by atoms with van der Waals surface area (Å²) in [5.74, 6) is -2.06. The number of benzene rings is 1. The number of unbranched alkanes of at least 4 members (excludes halogenated alkanes) is 4. The van der Waals surface area contributed by atoms with Gasteiger partial charge >= 0.3 is 6.09 Å². The Balaban J connectivity index is 1.53. The number of carbonyl (C=O) groups is 5. The zero-order valence-electron chi connectivity index (χ0n) is 17.1. The molecule has 1 fully saturated rings. The third kappa shape index (κ3) is 5.19. The lowest BCUT2D eigenvalue weighted by Crippen LogP contribution is -2.54. The number of primary amides is 1. The van der Waals surface area contributed by atoms with Crippen LogP contribution in [0.2, 0.25) is 0 Å². The van der Waals surface area contributed by atoms with Gasteiger partial charge in [-0.3, -0.25) is 29.4 Å². The summed E-state index contributed by atoms with van der Waals surface area (Å²) >= 11 is 0. The van der Waals surface area contributed by atoms with Crippen molar-refractivity contribution in [3.8, 4) is 0 Å². The first-order chi connectivity index (χ1) is 14.9. The smallest absolute Gasteiger partial charge is 0.404 e. The summed E-state index contributed by atoms with van der Waals surface area (Å²) in [6.07, 6.45) is 3.92. The number of amides is 5. The summed E-state index contributed by atoms with van der Waals surface area (Å²) in [5, 5.41) is 5.40. The van der Waals surface area contributed by atoms with Crippen molar-refractivity contribution in [1.29, 1.82) is 0 Å². The van der Waals surface area contributed by atoms with Crippen molar-refractivity contribution < 1.29 is 28.7 Å². The lowest BCUT2D eigenvalue weighted by molar-refractivity contribution is -0.136. The van der Waals surface area contributed by atoms with Crippen molar-refractivity contribution in [3.63, 3.8) is 0 Å². The van der Waals surface area contributed by atoms with Crippen LogP contribution in [0.25, 0.3) is 0 Å². The van der Waals surface area contributed by atoms with Gasteiger partial charge in [-0.1, -0.05) is 25.3 Å². The van der Waals surface area contributed by atoms with E-state index in [4.69, 9.17) is 5.73 Å². The SMILES string of the molecule is NC(=O)OCCCCCCCNc1cccc2c1C(=O)N(C1CCC(=O)NC1=O)C2=O. The Hall–Kier alpha value is -3.43. The molecule has 3 rings (SSSR count). The molecule has 10 heteroatoms. The monoisotopic (exact) mass is 430 g/mol. The Kier molecular flexibility index (Phi) is 7.22. The molecule has 1 unspecified atom stereocenters. The van der Waals surface area contributed by atoms with Gasteiger partial charge in [0.05, 0.1) is 17.7 Å². The molecule has 1 aromatic carbocycles. The van der Waals surface area contributed by atoms with E-state index in [1.54, 1.807) is 18.2 Å². The number of hydrogen-bond acceptors (Lipinski definition) is 7. The predicted octanol–water partition coefficient (Wildman–Crippen LogP) is 1.55. The van der Waals surface area contributed by atoms with Gasteiger partial charge in [0.25, 0.3) is 11.8 Å². The molecule has 2 heterocycles. The highest BCUT2D eigenvalue weighted by Gasteiger charge is 2.45. The van der Waals surface area contributed by atoms with Crippen LogP contribution in [0, 0.1) is 0 Å². The number of nitrogens with zero attached hydrogens (tertiary/aromatic N) is 1. The fourth-order valence-corrected chi connectivity index (χ4v) is 3.82. The van der Waals surface area contributed by atoms with Crippen LogP contribution in [0.15, 0.2) is 18.2 Å². The topological polar surface area (TPSA) is 148 Å². The molecule has 1 aromatic rings. The molecule has 0 aliphatic carbocycles. The Bertz CT molecular complexity index is 900. The zero-order chi connectivity index (χ0) is 22.4. The Labute approximate surface area is 179 Å². The second-order valence-electron chi connectivity index (χ2n) is 7.54. The number of rotatable bonds is 10. The van der Waals surface area contributed by atoms with E-state index in [0.29, 0.717) is 18.8 Å². The summed E-state index contributed by atoms with van der Waals surface area (Å²) in [7, 11) is 0. The fraction of sp³-hybridized carbons (Fsp3) is 0.476.